The Balaban J connectivity index is 1.35. The second-order valence-corrected chi connectivity index (χ2v) is 8.29. The zero-order valence-corrected chi connectivity index (χ0v) is 18.9. The van der Waals surface area contributed by atoms with Crippen LogP contribution in [0.4, 0.5) is 11.4 Å². The molecule has 1 atom stereocenters. The number of para-hydroxylation sites is 1. The molecule has 11 heteroatoms. The molecule has 1 aliphatic rings. The van der Waals surface area contributed by atoms with Gasteiger partial charge in [0.2, 0.25) is 11.1 Å². The van der Waals surface area contributed by atoms with Crippen molar-refractivity contribution in [3.05, 3.63) is 54.1 Å². The van der Waals surface area contributed by atoms with Crippen molar-refractivity contribution in [2.75, 3.05) is 30.1 Å². The minimum Gasteiger partial charge on any atom is -0.497 e. The Morgan fingerprint density at radius 3 is 2.76 bits per heavy atom. The summed E-state index contributed by atoms with van der Waals surface area (Å²) in [6.45, 7) is 1.31. The van der Waals surface area contributed by atoms with Gasteiger partial charge in [0, 0.05) is 12.3 Å². The minimum atomic E-state index is -0.329. The van der Waals surface area contributed by atoms with Gasteiger partial charge in [-0.05, 0) is 59.7 Å². The van der Waals surface area contributed by atoms with E-state index in [2.05, 4.69) is 26.2 Å². The molecule has 2 heterocycles. The number of nitrogens with zero attached hydrogens (tertiary/aromatic N) is 4. The molecule has 2 amide bonds. The Labute approximate surface area is 195 Å². The lowest BCUT2D eigenvalue weighted by Crippen LogP contribution is -2.20. The number of benzene rings is 2. The Morgan fingerprint density at radius 2 is 2.00 bits per heavy atom. The average Bonchev–Trinajstić information content (AvgIpc) is 3.51. The van der Waals surface area contributed by atoms with E-state index < -0.39 is 0 Å². The Morgan fingerprint density at radius 1 is 1.18 bits per heavy atom. The maximum absolute atomic E-state index is 12.8. The number of rotatable bonds is 9. The number of hydrogen-bond donors (Lipinski definition) is 2. The summed E-state index contributed by atoms with van der Waals surface area (Å²) >= 11 is 1.23. The van der Waals surface area contributed by atoms with Crippen molar-refractivity contribution in [1.29, 1.82) is 0 Å². The van der Waals surface area contributed by atoms with E-state index in [-0.39, 0.29) is 23.7 Å². The predicted octanol–water partition coefficient (Wildman–Crippen LogP) is 2.84. The molecule has 0 radical (unpaired) electrons. The number of aromatic nitrogens is 4. The fourth-order valence-electron chi connectivity index (χ4n) is 3.37. The van der Waals surface area contributed by atoms with E-state index in [1.807, 2.05) is 0 Å². The number of carbonyl (C=O) groups excluding carboxylic acids is 2. The zero-order chi connectivity index (χ0) is 23.0. The molecular weight excluding hydrogens is 444 g/mol. The van der Waals surface area contributed by atoms with E-state index in [1.165, 1.54) is 11.8 Å². The number of tetrazole rings is 1. The van der Waals surface area contributed by atoms with Crippen molar-refractivity contribution in [2.24, 2.45) is 0 Å². The van der Waals surface area contributed by atoms with Crippen LogP contribution in [0.2, 0.25) is 0 Å². The number of carbonyl (C=O) groups is 2. The lowest BCUT2D eigenvalue weighted by atomic mass is 10.1. The Kier molecular flexibility index (Phi) is 7.53. The van der Waals surface area contributed by atoms with Crippen molar-refractivity contribution in [2.45, 2.75) is 30.6 Å². The van der Waals surface area contributed by atoms with Crippen LogP contribution in [0.5, 0.6) is 5.75 Å². The van der Waals surface area contributed by atoms with Crippen LogP contribution in [0.1, 0.15) is 23.2 Å². The second-order valence-electron chi connectivity index (χ2n) is 7.34. The summed E-state index contributed by atoms with van der Waals surface area (Å²) in [5, 5.41) is 17.9. The molecule has 1 fully saturated rings. The Hall–Kier alpha value is -3.44. The zero-order valence-electron chi connectivity index (χ0n) is 18.1. The predicted molar refractivity (Wildman–Crippen MR) is 124 cm³/mol. The van der Waals surface area contributed by atoms with Crippen LogP contribution in [0, 0.1) is 0 Å². The molecule has 4 rings (SSSR count). The van der Waals surface area contributed by atoms with Gasteiger partial charge in [0.25, 0.3) is 5.91 Å². The average molecular weight is 469 g/mol. The Bertz CT molecular complexity index is 1100. The molecule has 0 bridgehead atoms. The van der Waals surface area contributed by atoms with Crippen molar-refractivity contribution in [3.8, 4) is 5.75 Å². The first-order chi connectivity index (χ1) is 16.1. The molecule has 33 heavy (non-hydrogen) atoms. The molecule has 2 aromatic carbocycles. The number of anilines is 2. The van der Waals surface area contributed by atoms with Gasteiger partial charge in [0.05, 0.1) is 36.8 Å². The number of ether oxygens (including phenoxy) is 2. The van der Waals surface area contributed by atoms with E-state index in [0.29, 0.717) is 34.4 Å². The standard InChI is InChI=1S/C22H24N6O4S/c1-31-16-10-8-15(9-11-16)23-21(30)18-6-2-3-7-19(18)24-20(29)14-33-22-25-26-27-28(22)13-17-5-4-12-32-17/h2-3,6-11,17H,4-5,12-14H2,1H3,(H,23,30)(H,24,29)/t17-/m0/s1. The van der Waals surface area contributed by atoms with Crippen LogP contribution in [-0.2, 0) is 16.1 Å². The number of nitrogens with one attached hydrogen (secondary N) is 2. The van der Waals surface area contributed by atoms with Crippen LogP contribution in [-0.4, -0.2) is 57.6 Å². The fourth-order valence-corrected chi connectivity index (χ4v) is 4.06. The number of hydrogen-bond acceptors (Lipinski definition) is 8. The maximum Gasteiger partial charge on any atom is 0.257 e. The molecule has 1 aliphatic heterocycles. The van der Waals surface area contributed by atoms with E-state index in [1.54, 1.807) is 60.3 Å². The first-order valence-corrected chi connectivity index (χ1v) is 11.5. The van der Waals surface area contributed by atoms with Gasteiger partial charge in [-0.3, -0.25) is 9.59 Å². The van der Waals surface area contributed by atoms with E-state index in [9.17, 15) is 9.59 Å². The summed E-state index contributed by atoms with van der Waals surface area (Å²) in [5.74, 6) is 0.195. The third-order valence-electron chi connectivity index (χ3n) is 5.03. The van der Waals surface area contributed by atoms with Crippen molar-refractivity contribution in [1.82, 2.24) is 20.2 Å². The highest BCUT2D eigenvalue weighted by atomic mass is 32.2. The molecule has 10 nitrogen and oxygen atoms in total. The summed E-state index contributed by atoms with van der Waals surface area (Å²) in [6.07, 6.45) is 2.10. The molecule has 172 valence electrons. The summed E-state index contributed by atoms with van der Waals surface area (Å²) < 4.78 is 12.4. The molecule has 0 spiro atoms. The van der Waals surface area contributed by atoms with Crippen LogP contribution >= 0.6 is 11.8 Å². The lowest BCUT2D eigenvalue weighted by molar-refractivity contribution is -0.113. The largest absolute Gasteiger partial charge is 0.497 e. The second kappa shape index (κ2) is 10.9. The van der Waals surface area contributed by atoms with Gasteiger partial charge in [0.15, 0.2) is 0 Å². The van der Waals surface area contributed by atoms with Gasteiger partial charge in [-0.25, -0.2) is 4.68 Å². The molecule has 0 saturated carbocycles. The van der Waals surface area contributed by atoms with Gasteiger partial charge in [0.1, 0.15) is 5.75 Å². The lowest BCUT2D eigenvalue weighted by Gasteiger charge is -2.12. The van der Waals surface area contributed by atoms with Crippen LogP contribution in [0.15, 0.2) is 53.7 Å². The first kappa shape index (κ1) is 22.7. The summed E-state index contributed by atoms with van der Waals surface area (Å²) in [4.78, 5) is 25.4. The third kappa shape index (κ3) is 6.08. The van der Waals surface area contributed by atoms with Crippen molar-refractivity contribution < 1.29 is 19.1 Å². The summed E-state index contributed by atoms with van der Waals surface area (Å²) in [7, 11) is 1.58. The first-order valence-electron chi connectivity index (χ1n) is 10.5. The third-order valence-corrected chi connectivity index (χ3v) is 5.98. The van der Waals surface area contributed by atoms with Gasteiger partial charge in [-0.2, -0.15) is 0 Å². The summed E-state index contributed by atoms with van der Waals surface area (Å²) in [5.41, 5.74) is 1.40. The number of amides is 2. The monoisotopic (exact) mass is 468 g/mol. The van der Waals surface area contributed by atoms with E-state index in [0.717, 1.165) is 19.4 Å². The molecule has 2 N–H and O–H groups in total. The van der Waals surface area contributed by atoms with Gasteiger partial charge in [-0.15, -0.1) is 5.10 Å². The SMILES string of the molecule is COc1ccc(NC(=O)c2ccccc2NC(=O)CSc2nnnn2C[C@@H]2CCCO2)cc1. The van der Waals surface area contributed by atoms with Crippen LogP contribution < -0.4 is 15.4 Å². The summed E-state index contributed by atoms with van der Waals surface area (Å²) in [6, 6.07) is 13.9. The molecule has 0 unspecified atom stereocenters. The number of thioether (sulfide) groups is 1. The molecular formula is C22H24N6O4S. The molecule has 0 aliphatic carbocycles. The van der Waals surface area contributed by atoms with Crippen molar-refractivity contribution >= 4 is 35.0 Å². The highest BCUT2D eigenvalue weighted by molar-refractivity contribution is 7.99. The number of methoxy groups -OCH3 is 1. The van der Waals surface area contributed by atoms with Gasteiger partial charge in [-0.1, -0.05) is 23.9 Å². The van der Waals surface area contributed by atoms with Gasteiger partial charge < -0.3 is 20.1 Å². The smallest absolute Gasteiger partial charge is 0.257 e. The quantitative estimate of drug-likeness (QED) is 0.460. The molecule has 1 aromatic heterocycles. The fraction of sp³-hybridized carbons (Fsp3) is 0.318. The maximum atomic E-state index is 12.8. The van der Waals surface area contributed by atoms with Gasteiger partial charge >= 0.3 is 0 Å². The molecule has 3 aromatic rings. The normalized spacial score (nSPS) is 15.2. The highest BCUT2D eigenvalue weighted by Gasteiger charge is 2.20. The van der Waals surface area contributed by atoms with Crippen molar-refractivity contribution in [3.63, 3.8) is 0 Å². The van der Waals surface area contributed by atoms with E-state index in [4.69, 9.17) is 9.47 Å². The highest BCUT2D eigenvalue weighted by Crippen LogP contribution is 2.21. The minimum absolute atomic E-state index is 0.0952. The molecule has 1 saturated heterocycles. The topological polar surface area (TPSA) is 120 Å². The van der Waals surface area contributed by atoms with E-state index >= 15 is 0 Å². The van der Waals surface area contributed by atoms with Crippen LogP contribution in [0.3, 0.4) is 0 Å². The van der Waals surface area contributed by atoms with Crippen LogP contribution in [0.25, 0.3) is 0 Å².